The van der Waals surface area contributed by atoms with Gasteiger partial charge in [-0.05, 0) is 6.42 Å². The molecule has 0 heterocycles. The van der Waals surface area contributed by atoms with Crippen LogP contribution in [0.25, 0.3) is 0 Å². The summed E-state index contributed by atoms with van der Waals surface area (Å²) in [6, 6.07) is -0.810. The Kier molecular flexibility index (Phi) is 4.00. The third kappa shape index (κ3) is 3.05. The number of hydrogen-bond acceptors (Lipinski definition) is 3. The Morgan fingerprint density at radius 3 is 2.44 bits per heavy atom. The van der Waals surface area contributed by atoms with Crippen molar-refractivity contribution in [1.82, 2.24) is 5.48 Å². The molecule has 4 heteroatoms. The smallest absolute Gasteiger partial charge is 0.323 e. The molecule has 0 saturated carbocycles. The van der Waals surface area contributed by atoms with Crippen LogP contribution in [0.2, 0.25) is 0 Å². The molecule has 9 heavy (non-hydrogen) atoms. The summed E-state index contributed by atoms with van der Waals surface area (Å²) in [5.41, 5.74) is 1.70. The highest BCUT2D eigenvalue weighted by Crippen LogP contribution is 1.94. The Bertz CT molecular complexity index is 94.2. The standard InChI is InChI=1S/C5H11NO3/c1-2-3-4(6-9)5(7)8/h4,6,9H,2-3H2,1H3,(H,7,8)/t4-/m1/s1. The Labute approximate surface area is 53.5 Å². The highest BCUT2D eigenvalue weighted by atomic mass is 16.5. The second-order valence-corrected chi connectivity index (χ2v) is 1.81. The minimum absolute atomic E-state index is 0.450. The van der Waals surface area contributed by atoms with Crippen molar-refractivity contribution in [3.05, 3.63) is 0 Å². The highest BCUT2D eigenvalue weighted by Gasteiger charge is 2.13. The fourth-order valence-electron chi connectivity index (χ4n) is 0.532. The van der Waals surface area contributed by atoms with Crippen LogP contribution in [-0.4, -0.2) is 22.3 Å². The summed E-state index contributed by atoms with van der Waals surface area (Å²) in [6.07, 6.45) is 1.19. The zero-order valence-electron chi connectivity index (χ0n) is 5.29. The van der Waals surface area contributed by atoms with E-state index >= 15 is 0 Å². The van der Waals surface area contributed by atoms with E-state index in [1.807, 2.05) is 6.92 Å². The Morgan fingerprint density at radius 2 is 2.33 bits per heavy atom. The number of carbonyl (C=O) groups is 1. The molecule has 0 aromatic heterocycles. The lowest BCUT2D eigenvalue weighted by molar-refractivity contribution is -0.142. The van der Waals surface area contributed by atoms with E-state index in [1.54, 1.807) is 5.48 Å². The van der Waals surface area contributed by atoms with E-state index in [4.69, 9.17) is 10.3 Å². The van der Waals surface area contributed by atoms with Crippen LogP contribution >= 0.6 is 0 Å². The summed E-state index contributed by atoms with van der Waals surface area (Å²) >= 11 is 0. The molecule has 0 spiro atoms. The van der Waals surface area contributed by atoms with Gasteiger partial charge in [-0.1, -0.05) is 13.3 Å². The van der Waals surface area contributed by atoms with Gasteiger partial charge in [0.2, 0.25) is 0 Å². The molecule has 0 rings (SSSR count). The van der Waals surface area contributed by atoms with Crippen molar-refractivity contribution >= 4 is 5.97 Å². The molecule has 1 atom stereocenters. The number of hydrogen-bond donors (Lipinski definition) is 3. The van der Waals surface area contributed by atoms with Gasteiger partial charge >= 0.3 is 5.97 Å². The lowest BCUT2D eigenvalue weighted by Crippen LogP contribution is -2.33. The number of hydroxylamine groups is 1. The van der Waals surface area contributed by atoms with Gasteiger partial charge < -0.3 is 10.3 Å². The van der Waals surface area contributed by atoms with Gasteiger partial charge in [-0.15, -0.1) is 0 Å². The average molecular weight is 133 g/mol. The van der Waals surface area contributed by atoms with Gasteiger partial charge in [-0.3, -0.25) is 4.79 Å². The second kappa shape index (κ2) is 4.29. The summed E-state index contributed by atoms with van der Waals surface area (Å²) < 4.78 is 0. The van der Waals surface area contributed by atoms with Crippen LogP contribution in [-0.2, 0) is 4.79 Å². The van der Waals surface area contributed by atoms with Crippen molar-refractivity contribution in [2.45, 2.75) is 25.8 Å². The van der Waals surface area contributed by atoms with Crippen molar-refractivity contribution in [1.29, 1.82) is 0 Å². The van der Waals surface area contributed by atoms with Crippen molar-refractivity contribution in [3.8, 4) is 0 Å². The van der Waals surface area contributed by atoms with Crippen LogP contribution in [0.3, 0.4) is 0 Å². The normalized spacial score (nSPS) is 13.1. The van der Waals surface area contributed by atoms with Gasteiger partial charge in [0.05, 0.1) is 0 Å². The van der Waals surface area contributed by atoms with E-state index in [0.717, 1.165) is 6.42 Å². The summed E-state index contributed by atoms with van der Waals surface area (Å²) in [5, 5.41) is 16.5. The van der Waals surface area contributed by atoms with E-state index in [2.05, 4.69) is 0 Å². The lowest BCUT2D eigenvalue weighted by atomic mass is 10.2. The van der Waals surface area contributed by atoms with Gasteiger partial charge in [-0.25, -0.2) is 0 Å². The van der Waals surface area contributed by atoms with Crippen LogP contribution in [0.15, 0.2) is 0 Å². The molecule has 0 radical (unpaired) electrons. The largest absolute Gasteiger partial charge is 0.480 e. The molecule has 0 aromatic rings. The van der Waals surface area contributed by atoms with Crippen LogP contribution < -0.4 is 5.48 Å². The zero-order chi connectivity index (χ0) is 7.28. The fraction of sp³-hybridized carbons (Fsp3) is 0.800. The zero-order valence-corrected chi connectivity index (χ0v) is 5.29. The Morgan fingerprint density at radius 1 is 1.78 bits per heavy atom. The van der Waals surface area contributed by atoms with E-state index < -0.39 is 12.0 Å². The molecule has 0 fully saturated rings. The summed E-state index contributed by atoms with van der Waals surface area (Å²) in [7, 11) is 0. The molecule has 0 unspecified atom stereocenters. The van der Waals surface area contributed by atoms with Crippen LogP contribution in [0.4, 0.5) is 0 Å². The molecule has 54 valence electrons. The molecule has 0 aliphatic rings. The van der Waals surface area contributed by atoms with Crippen LogP contribution in [0.5, 0.6) is 0 Å². The van der Waals surface area contributed by atoms with Crippen molar-refractivity contribution < 1.29 is 15.1 Å². The third-order valence-corrected chi connectivity index (χ3v) is 1.03. The maximum atomic E-state index is 10.1. The Balaban J connectivity index is 3.54. The number of carboxylic acid groups (broad SMARTS) is 1. The van der Waals surface area contributed by atoms with E-state index in [0.29, 0.717) is 6.42 Å². The maximum Gasteiger partial charge on any atom is 0.323 e. The van der Waals surface area contributed by atoms with Crippen molar-refractivity contribution in [2.75, 3.05) is 0 Å². The van der Waals surface area contributed by atoms with Crippen LogP contribution in [0, 0.1) is 0 Å². The summed E-state index contributed by atoms with van der Waals surface area (Å²) in [6.45, 7) is 1.85. The lowest BCUT2D eigenvalue weighted by Gasteiger charge is -2.06. The first-order valence-electron chi connectivity index (χ1n) is 2.84. The second-order valence-electron chi connectivity index (χ2n) is 1.81. The molecule has 0 aromatic carbocycles. The van der Waals surface area contributed by atoms with Gasteiger partial charge in [0.1, 0.15) is 6.04 Å². The van der Waals surface area contributed by atoms with Gasteiger partial charge in [-0.2, -0.15) is 5.48 Å². The molecular formula is C5H11NO3. The SMILES string of the molecule is CCC[C@@H](NO)C(=O)O. The molecule has 0 bridgehead atoms. The first-order valence-corrected chi connectivity index (χ1v) is 2.84. The van der Waals surface area contributed by atoms with Crippen molar-refractivity contribution in [2.24, 2.45) is 0 Å². The number of carboxylic acids is 1. The molecule has 4 nitrogen and oxygen atoms in total. The Hall–Kier alpha value is -0.610. The van der Waals surface area contributed by atoms with Crippen LogP contribution in [0.1, 0.15) is 19.8 Å². The topological polar surface area (TPSA) is 69.6 Å². The quantitative estimate of drug-likeness (QED) is 0.480. The average Bonchev–Trinajstić information content (AvgIpc) is 1.82. The monoisotopic (exact) mass is 133 g/mol. The molecule has 0 aliphatic heterocycles. The van der Waals surface area contributed by atoms with E-state index in [1.165, 1.54) is 0 Å². The number of aliphatic carboxylic acids is 1. The predicted molar refractivity (Wildman–Crippen MR) is 31.3 cm³/mol. The predicted octanol–water partition coefficient (Wildman–Crippen LogP) is 0.218. The summed E-state index contributed by atoms with van der Waals surface area (Å²) in [4.78, 5) is 10.1. The maximum absolute atomic E-state index is 10.1. The van der Waals surface area contributed by atoms with Crippen molar-refractivity contribution in [3.63, 3.8) is 0 Å². The van der Waals surface area contributed by atoms with Gasteiger partial charge in [0, 0.05) is 0 Å². The molecule has 0 amide bonds. The summed E-state index contributed by atoms with van der Waals surface area (Å²) in [5.74, 6) is -1.01. The first kappa shape index (κ1) is 8.39. The van der Waals surface area contributed by atoms with Gasteiger partial charge in [0.15, 0.2) is 0 Å². The number of rotatable bonds is 4. The molecule has 0 saturated heterocycles. The fourth-order valence-corrected chi connectivity index (χ4v) is 0.532. The molecular weight excluding hydrogens is 122 g/mol. The highest BCUT2D eigenvalue weighted by molar-refractivity contribution is 5.73. The minimum Gasteiger partial charge on any atom is -0.480 e. The molecule has 3 N–H and O–H groups in total. The van der Waals surface area contributed by atoms with E-state index in [9.17, 15) is 4.79 Å². The minimum atomic E-state index is -1.01. The third-order valence-electron chi connectivity index (χ3n) is 1.03. The van der Waals surface area contributed by atoms with Gasteiger partial charge in [0.25, 0.3) is 0 Å². The number of nitrogens with one attached hydrogen (secondary N) is 1. The molecule has 0 aliphatic carbocycles. The first-order chi connectivity index (χ1) is 4.22. The van der Waals surface area contributed by atoms with E-state index in [-0.39, 0.29) is 0 Å².